The normalized spacial score (nSPS) is 20.3. The van der Waals surface area contributed by atoms with Crippen molar-refractivity contribution in [1.29, 1.82) is 0 Å². The van der Waals surface area contributed by atoms with Gasteiger partial charge in [0.2, 0.25) is 0 Å². The van der Waals surface area contributed by atoms with E-state index in [1.807, 2.05) is 0 Å². The molecule has 0 aromatic carbocycles. The maximum Gasteiger partial charge on any atom is 0.326 e. The second kappa shape index (κ2) is 4.57. The molecule has 1 unspecified atom stereocenters. The van der Waals surface area contributed by atoms with Gasteiger partial charge in [0.15, 0.2) is 0 Å². The van der Waals surface area contributed by atoms with Crippen LogP contribution in [0.3, 0.4) is 0 Å². The van der Waals surface area contributed by atoms with Gasteiger partial charge in [0.05, 0.1) is 0 Å². The first kappa shape index (κ1) is 11.6. The molecule has 0 bridgehead atoms. The molecule has 1 fully saturated rings. The highest BCUT2D eigenvalue weighted by Gasteiger charge is 2.33. The van der Waals surface area contributed by atoms with Crippen molar-refractivity contribution in [2.75, 3.05) is 6.54 Å². The molecule has 6 heteroatoms. The van der Waals surface area contributed by atoms with Gasteiger partial charge in [-0.1, -0.05) is 0 Å². The topological polar surface area (TPSA) is 75.4 Å². The fraction of sp³-hybridized carbons (Fsp3) is 0.545. The van der Waals surface area contributed by atoms with Gasteiger partial charge in [0.25, 0.3) is 5.91 Å². The fourth-order valence-corrected chi connectivity index (χ4v) is 2.11. The molecule has 0 saturated carbocycles. The molecule has 1 atom stereocenters. The molecule has 92 valence electrons. The second-order valence-electron chi connectivity index (χ2n) is 4.22. The molecular formula is C11H15N3O3. The van der Waals surface area contributed by atoms with Crippen molar-refractivity contribution in [3.63, 3.8) is 0 Å². The van der Waals surface area contributed by atoms with Crippen molar-refractivity contribution >= 4 is 11.9 Å². The van der Waals surface area contributed by atoms with Gasteiger partial charge in [0.1, 0.15) is 11.7 Å². The van der Waals surface area contributed by atoms with E-state index in [0.717, 1.165) is 12.8 Å². The van der Waals surface area contributed by atoms with Crippen LogP contribution in [0.1, 0.15) is 29.8 Å². The van der Waals surface area contributed by atoms with Crippen LogP contribution in [-0.4, -0.2) is 44.3 Å². The molecule has 17 heavy (non-hydrogen) atoms. The Morgan fingerprint density at radius 2 is 2.24 bits per heavy atom. The number of piperidine rings is 1. The molecule has 1 saturated heterocycles. The lowest BCUT2D eigenvalue weighted by Crippen LogP contribution is -2.48. The first-order valence-corrected chi connectivity index (χ1v) is 5.63. The van der Waals surface area contributed by atoms with Crippen LogP contribution in [0.15, 0.2) is 12.3 Å². The number of hydrogen-bond donors (Lipinski definition) is 1. The summed E-state index contributed by atoms with van der Waals surface area (Å²) in [7, 11) is 1.72. The van der Waals surface area contributed by atoms with Gasteiger partial charge in [0, 0.05) is 19.8 Å². The number of hydrogen-bond acceptors (Lipinski definition) is 3. The zero-order chi connectivity index (χ0) is 12.4. The molecular weight excluding hydrogens is 222 g/mol. The van der Waals surface area contributed by atoms with E-state index >= 15 is 0 Å². The Morgan fingerprint density at radius 1 is 1.47 bits per heavy atom. The number of amides is 1. The summed E-state index contributed by atoms with van der Waals surface area (Å²) in [5.74, 6) is -1.23. The van der Waals surface area contributed by atoms with Crippen LogP contribution in [0, 0.1) is 0 Å². The van der Waals surface area contributed by atoms with E-state index in [0.29, 0.717) is 18.7 Å². The van der Waals surface area contributed by atoms with E-state index in [-0.39, 0.29) is 5.91 Å². The van der Waals surface area contributed by atoms with E-state index in [1.165, 1.54) is 9.58 Å². The second-order valence-corrected chi connectivity index (χ2v) is 4.22. The van der Waals surface area contributed by atoms with Crippen molar-refractivity contribution < 1.29 is 14.7 Å². The first-order chi connectivity index (χ1) is 8.09. The number of aliphatic carboxylic acids is 1. The lowest BCUT2D eigenvalue weighted by atomic mass is 10.0. The summed E-state index contributed by atoms with van der Waals surface area (Å²) >= 11 is 0. The molecule has 0 spiro atoms. The van der Waals surface area contributed by atoms with E-state index in [9.17, 15) is 9.59 Å². The summed E-state index contributed by atoms with van der Waals surface area (Å²) < 4.78 is 1.53. The van der Waals surface area contributed by atoms with E-state index in [4.69, 9.17) is 5.11 Å². The zero-order valence-electron chi connectivity index (χ0n) is 9.67. The molecule has 1 aromatic heterocycles. The minimum absolute atomic E-state index is 0.294. The van der Waals surface area contributed by atoms with Crippen LogP contribution in [0.4, 0.5) is 0 Å². The summed E-state index contributed by atoms with van der Waals surface area (Å²) in [6, 6.07) is 0.897. The van der Waals surface area contributed by atoms with E-state index in [1.54, 1.807) is 19.3 Å². The lowest BCUT2D eigenvalue weighted by Gasteiger charge is -2.32. The van der Waals surface area contributed by atoms with Crippen LogP contribution in [-0.2, 0) is 11.8 Å². The summed E-state index contributed by atoms with van der Waals surface area (Å²) in [4.78, 5) is 24.6. The standard InChI is InChI=1S/C11H15N3O3/c1-13-7-5-8(12-13)10(15)14-6-3-2-4-9(14)11(16)17/h5,7,9H,2-4,6H2,1H3,(H,16,17). The Balaban J connectivity index is 2.19. The van der Waals surface area contributed by atoms with Crippen molar-refractivity contribution in [2.24, 2.45) is 7.05 Å². The van der Waals surface area contributed by atoms with Crippen molar-refractivity contribution in [3.8, 4) is 0 Å². The minimum atomic E-state index is -0.936. The highest BCUT2D eigenvalue weighted by atomic mass is 16.4. The molecule has 0 radical (unpaired) electrons. The number of carboxylic acid groups (broad SMARTS) is 1. The summed E-state index contributed by atoms with van der Waals surface area (Å²) in [5, 5.41) is 13.1. The first-order valence-electron chi connectivity index (χ1n) is 5.63. The van der Waals surface area contributed by atoms with Gasteiger partial charge in [-0.15, -0.1) is 0 Å². The SMILES string of the molecule is Cn1ccc(C(=O)N2CCCCC2C(=O)O)n1. The van der Waals surface area contributed by atoms with Gasteiger partial charge in [-0.2, -0.15) is 5.10 Å². The lowest BCUT2D eigenvalue weighted by molar-refractivity contribution is -0.143. The van der Waals surface area contributed by atoms with Crippen LogP contribution < -0.4 is 0 Å². The number of rotatable bonds is 2. The number of nitrogens with zero attached hydrogens (tertiary/aromatic N) is 3. The monoisotopic (exact) mass is 237 g/mol. The molecule has 2 rings (SSSR count). The Bertz CT molecular complexity index is 441. The number of likely N-dealkylation sites (tertiary alicyclic amines) is 1. The van der Waals surface area contributed by atoms with Crippen molar-refractivity contribution in [3.05, 3.63) is 18.0 Å². The number of carbonyl (C=O) groups is 2. The zero-order valence-corrected chi connectivity index (χ0v) is 9.67. The quantitative estimate of drug-likeness (QED) is 0.812. The van der Waals surface area contributed by atoms with Crippen LogP contribution >= 0.6 is 0 Å². The van der Waals surface area contributed by atoms with Gasteiger partial charge in [-0.25, -0.2) is 4.79 Å². The summed E-state index contributed by atoms with van der Waals surface area (Å²) in [6.45, 7) is 0.492. The van der Waals surface area contributed by atoms with Crippen molar-refractivity contribution in [1.82, 2.24) is 14.7 Å². The third kappa shape index (κ3) is 2.30. The highest BCUT2D eigenvalue weighted by molar-refractivity contribution is 5.95. The van der Waals surface area contributed by atoms with Crippen LogP contribution in [0.25, 0.3) is 0 Å². The highest BCUT2D eigenvalue weighted by Crippen LogP contribution is 2.19. The third-order valence-corrected chi connectivity index (χ3v) is 2.98. The molecule has 1 N–H and O–H groups in total. The predicted molar refractivity (Wildman–Crippen MR) is 59.5 cm³/mol. The Morgan fingerprint density at radius 3 is 2.82 bits per heavy atom. The molecule has 6 nitrogen and oxygen atoms in total. The summed E-state index contributed by atoms with van der Waals surface area (Å²) in [6.07, 6.45) is 3.90. The number of carboxylic acids is 1. The molecule has 1 amide bonds. The van der Waals surface area contributed by atoms with Gasteiger partial charge >= 0.3 is 5.97 Å². The number of aromatic nitrogens is 2. The Kier molecular flexibility index (Phi) is 3.12. The molecule has 2 heterocycles. The predicted octanol–water partition coefficient (Wildman–Crippen LogP) is 0.499. The van der Waals surface area contributed by atoms with E-state index < -0.39 is 12.0 Å². The van der Waals surface area contributed by atoms with Gasteiger partial charge < -0.3 is 10.0 Å². The van der Waals surface area contributed by atoms with Crippen LogP contribution in [0.2, 0.25) is 0 Å². The van der Waals surface area contributed by atoms with Gasteiger partial charge in [-0.05, 0) is 25.3 Å². The number of carbonyl (C=O) groups excluding carboxylic acids is 1. The van der Waals surface area contributed by atoms with E-state index in [2.05, 4.69) is 5.10 Å². The number of aryl methyl sites for hydroxylation is 1. The molecule has 1 aliphatic heterocycles. The third-order valence-electron chi connectivity index (χ3n) is 2.98. The van der Waals surface area contributed by atoms with Gasteiger partial charge in [-0.3, -0.25) is 9.48 Å². The maximum absolute atomic E-state index is 12.1. The Hall–Kier alpha value is -1.85. The molecule has 1 aliphatic rings. The maximum atomic E-state index is 12.1. The largest absolute Gasteiger partial charge is 0.480 e. The Labute approximate surface area is 98.8 Å². The summed E-state index contributed by atoms with van der Waals surface area (Å²) in [5.41, 5.74) is 0.306. The average Bonchev–Trinajstić information content (AvgIpc) is 2.75. The minimum Gasteiger partial charge on any atom is -0.480 e. The smallest absolute Gasteiger partial charge is 0.326 e. The van der Waals surface area contributed by atoms with Crippen LogP contribution in [0.5, 0.6) is 0 Å². The average molecular weight is 237 g/mol. The molecule has 0 aliphatic carbocycles. The van der Waals surface area contributed by atoms with Crippen molar-refractivity contribution in [2.45, 2.75) is 25.3 Å². The fourth-order valence-electron chi connectivity index (χ4n) is 2.11. The molecule has 1 aromatic rings.